The van der Waals surface area contributed by atoms with Crippen LogP contribution < -0.4 is 16.2 Å². The molecule has 0 amide bonds. The maximum atomic E-state index is 6.16. The lowest BCUT2D eigenvalue weighted by molar-refractivity contribution is -0.495. The van der Waals surface area contributed by atoms with E-state index >= 15 is 0 Å². The van der Waals surface area contributed by atoms with Gasteiger partial charge in [0.05, 0.1) is 24.0 Å². The van der Waals surface area contributed by atoms with Gasteiger partial charge in [0.15, 0.2) is 0 Å². The minimum Gasteiger partial charge on any atom is -0.484 e. The van der Waals surface area contributed by atoms with E-state index in [1.165, 1.54) is 0 Å². The second-order valence-corrected chi connectivity index (χ2v) is 5.73. The van der Waals surface area contributed by atoms with Gasteiger partial charge in [0, 0.05) is 5.70 Å². The first-order valence-corrected chi connectivity index (χ1v) is 8.28. The summed E-state index contributed by atoms with van der Waals surface area (Å²) in [7, 11) is 1.63. The Hall–Kier alpha value is -3.17. The molecule has 2 aromatic carbocycles. The van der Waals surface area contributed by atoms with Crippen LogP contribution in [0.1, 0.15) is 19.4 Å². The Morgan fingerprint density at radius 2 is 1.84 bits per heavy atom. The third kappa shape index (κ3) is 3.23. The fourth-order valence-corrected chi connectivity index (χ4v) is 2.92. The average molecular weight is 335 g/mol. The minimum atomic E-state index is 0.574. The Labute approximate surface area is 148 Å². The van der Waals surface area contributed by atoms with Crippen molar-refractivity contribution in [3.05, 3.63) is 71.6 Å². The summed E-state index contributed by atoms with van der Waals surface area (Å²) >= 11 is 0. The van der Waals surface area contributed by atoms with E-state index in [2.05, 4.69) is 29.3 Å². The second kappa shape index (κ2) is 7.16. The normalized spacial score (nSPS) is 13.6. The number of anilines is 2. The van der Waals surface area contributed by atoms with E-state index < -0.39 is 0 Å². The van der Waals surface area contributed by atoms with Crippen molar-refractivity contribution in [2.75, 3.05) is 24.1 Å². The standard InChI is InChI=1S/C20H23N4O/c1-4-23-18-13-9-8-12-17(18)22-24(23)14-19(25-3)20(15(2)21)16-10-6-5-7-11-16/h5-13,22H,4,21H2,1-3H3/q+1. The van der Waals surface area contributed by atoms with E-state index in [0.29, 0.717) is 11.5 Å². The zero-order valence-electron chi connectivity index (χ0n) is 14.8. The predicted molar refractivity (Wildman–Crippen MR) is 102 cm³/mol. The largest absolute Gasteiger partial charge is 0.484 e. The number of nitrogens with zero attached hydrogens (tertiary/aromatic N) is 2. The van der Waals surface area contributed by atoms with Crippen LogP contribution in [-0.2, 0) is 4.74 Å². The van der Waals surface area contributed by atoms with Crippen molar-refractivity contribution >= 4 is 22.8 Å². The van der Waals surface area contributed by atoms with Gasteiger partial charge in [-0.25, -0.2) is 0 Å². The number of ether oxygens (including phenoxy) is 1. The molecule has 0 aliphatic carbocycles. The van der Waals surface area contributed by atoms with Crippen molar-refractivity contribution in [2.24, 2.45) is 5.73 Å². The zero-order chi connectivity index (χ0) is 17.8. The molecule has 1 heterocycles. The summed E-state index contributed by atoms with van der Waals surface area (Å²) in [6, 6.07) is 18.1. The van der Waals surface area contributed by atoms with Crippen molar-refractivity contribution in [3.8, 4) is 0 Å². The van der Waals surface area contributed by atoms with Gasteiger partial charge in [0.2, 0.25) is 5.76 Å². The lowest BCUT2D eigenvalue weighted by atomic mass is 10.0. The van der Waals surface area contributed by atoms with Crippen LogP contribution in [0.4, 0.5) is 11.4 Å². The maximum absolute atomic E-state index is 6.16. The highest BCUT2D eigenvalue weighted by atomic mass is 16.5. The van der Waals surface area contributed by atoms with Crippen LogP contribution >= 0.6 is 0 Å². The van der Waals surface area contributed by atoms with Crippen LogP contribution in [0.3, 0.4) is 0 Å². The molecule has 0 fully saturated rings. The number of hydrogen-bond donors (Lipinski definition) is 2. The molecule has 3 N–H and O–H groups in total. The first kappa shape index (κ1) is 16.7. The molecule has 0 saturated heterocycles. The van der Waals surface area contributed by atoms with E-state index in [4.69, 9.17) is 10.5 Å². The lowest BCUT2D eigenvalue weighted by Gasteiger charge is -2.10. The molecule has 3 rings (SSSR count). The van der Waals surface area contributed by atoms with Gasteiger partial charge >= 0.3 is 0 Å². The number of benzene rings is 2. The molecule has 0 unspecified atom stereocenters. The molecule has 0 spiro atoms. The zero-order valence-corrected chi connectivity index (χ0v) is 14.8. The highest BCUT2D eigenvalue weighted by Crippen LogP contribution is 2.31. The number of hydrazine groups is 2. The average Bonchev–Trinajstić information content (AvgIpc) is 2.98. The smallest absolute Gasteiger partial charge is 0.282 e. The molecule has 5 heteroatoms. The number of rotatable bonds is 4. The Bertz CT molecular complexity index is 860. The van der Waals surface area contributed by atoms with E-state index in [-0.39, 0.29) is 0 Å². The van der Waals surface area contributed by atoms with Gasteiger partial charge in [-0.1, -0.05) is 42.5 Å². The monoisotopic (exact) mass is 335 g/mol. The molecule has 0 radical (unpaired) electrons. The topological polar surface area (TPSA) is 53.5 Å². The first-order valence-electron chi connectivity index (χ1n) is 8.28. The summed E-state index contributed by atoms with van der Waals surface area (Å²) in [4.78, 5) is 1.81. The molecule has 0 saturated carbocycles. The number of hydrogen-bond acceptors (Lipinski definition) is 4. The van der Waals surface area contributed by atoms with Gasteiger partial charge < -0.3 is 10.5 Å². The van der Waals surface area contributed by atoms with E-state index in [0.717, 1.165) is 29.1 Å². The van der Waals surface area contributed by atoms with Crippen LogP contribution in [0, 0.1) is 0 Å². The molecule has 25 heavy (non-hydrogen) atoms. The SMILES string of the molecule is CCN1c2ccccc2N[N+]1=C=C(OC)C(=C(C)N)c1ccccc1. The van der Waals surface area contributed by atoms with Gasteiger partial charge in [-0.15, -0.1) is 10.4 Å². The number of nitrogens with two attached hydrogens (primary N) is 1. The predicted octanol–water partition coefficient (Wildman–Crippen LogP) is 3.37. The number of hydrazone groups is 2. The van der Waals surface area contributed by atoms with Gasteiger partial charge in [-0.3, -0.25) is 0 Å². The number of nitrogens with one attached hydrogen (secondary N) is 1. The molecule has 0 bridgehead atoms. The molecule has 2 aromatic rings. The molecule has 1 aliphatic rings. The van der Waals surface area contributed by atoms with E-state index in [9.17, 15) is 0 Å². The number of fused-ring (bicyclic) bond motifs is 1. The van der Waals surface area contributed by atoms with Crippen LogP contribution in [0.5, 0.6) is 0 Å². The van der Waals surface area contributed by atoms with Crippen LogP contribution in [0.15, 0.2) is 66.1 Å². The summed E-state index contributed by atoms with van der Waals surface area (Å²) in [5.74, 6) is 3.87. The fraction of sp³-hybridized carbons (Fsp3) is 0.200. The van der Waals surface area contributed by atoms with Gasteiger partial charge in [0.1, 0.15) is 11.4 Å². The van der Waals surface area contributed by atoms with Crippen molar-refractivity contribution in [1.82, 2.24) is 0 Å². The first-order chi connectivity index (χ1) is 12.2. The van der Waals surface area contributed by atoms with E-state index in [1.54, 1.807) is 7.11 Å². The minimum absolute atomic E-state index is 0.574. The summed E-state index contributed by atoms with van der Waals surface area (Å²) in [5, 5.41) is 2.09. The maximum Gasteiger partial charge on any atom is 0.282 e. The molecular weight excluding hydrogens is 312 g/mol. The Balaban J connectivity index is 2.14. The highest BCUT2D eigenvalue weighted by molar-refractivity contribution is 5.87. The number of methoxy groups -OCH3 is 1. The molecule has 1 aliphatic heterocycles. The molecular formula is C20H23N4O+. The van der Waals surface area contributed by atoms with E-state index in [1.807, 2.05) is 60.2 Å². The lowest BCUT2D eigenvalue weighted by Crippen LogP contribution is -2.33. The summed E-state index contributed by atoms with van der Waals surface area (Å²) in [6.45, 7) is 4.75. The summed E-state index contributed by atoms with van der Waals surface area (Å²) in [6.07, 6.45) is 0. The molecule has 0 aromatic heterocycles. The Kier molecular flexibility index (Phi) is 4.78. The van der Waals surface area contributed by atoms with Crippen LogP contribution in [-0.4, -0.2) is 24.3 Å². The number of para-hydroxylation sites is 2. The third-order valence-electron chi connectivity index (χ3n) is 4.04. The van der Waals surface area contributed by atoms with Crippen molar-refractivity contribution in [1.29, 1.82) is 0 Å². The third-order valence-corrected chi connectivity index (χ3v) is 4.04. The van der Waals surface area contributed by atoms with Crippen molar-refractivity contribution in [2.45, 2.75) is 13.8 Å². The highest BCUT2D eigenvalue weighted by Gasteiger charge is 2.30. The Morgan fingerprint density at radius 1 is 1.16 bits per heavy atom. The summed E-state index contributed by atoms with van der Waals surface area (Å²) in [5.41, 5.74) is 14.1. The summed E-state index contributed by atoms with van der Waals surface area (Å²) < 4.78 is 5.64. The quantitative estimate of drug-likeness (QED) is 0.511. The molecule has 0 atom stereocenters. The van der Waals surface area contributed by atoms with Crippen molar-refractivity contribution < 1.29 is 9.53 Å². The Morgan fingerprint density at radius 3 is 2.48 bits per heavy atom. The van der Waals surface area contributed by atoms with Gasteiger partial charge in [-0.2, -0.15) is 0 Å². The number of allylic oxidation sites excluding steroid dienone is 2. The van der Waals surface area contributed by atoms with Gasteiger partial charge in [-0.05, 0) is 31.5 Å². The van der Waals surface area contributed by atoms with Crippen molar-refractivity contribution in [3.63, 3.8) is 0 Å². The van der Waals surface area contributed by atoms with Crippen LogP contribution in [0.2, 0.25) is 0 Å². The van der Waals surface area contributed by atoms with Gasteiger partial charge in [0.25, 0.3) is 5.87 Å². The second-order valence-electron chi connectivity index (χ2n) is 5.73. The molecule has 128 valence electrons. The fourth-order valence-electron chi connectivity index (χ4n) is 2.92. The molecule has 5 nitrogen and oxygen atoms in total. The van der Waals surface area contributed by atoms with Crippen LogP contribution in [0.25, 0.3) is 5.57 Å².